The van der Waals surface area contributed by atoms with Crippen LogP contribution in [0.1, 0.15) is 28.4 Å². The number of hydrogen-bond donors (Lipinski definition) is 2. The number of rotatable bonds is 8. The van der Waals surface area contributed by atoms with Crippen LogP contribution >= 0.6 is 0 Å². The molecule has 0 radical (unpaired) electrons. The normalized spacial score (nSPS) is 11.8. The van der Waals surface area contributed by atoms with Gasteiger partial charge in [-0.25, -0.2) is 0 Å². The van der Waals surface area contributed by atoms with Crippen molar-refractivity contribution in [3.63, 3.8) is 0 Å². The summed E-state index contributed by atoms with van der Waals surface area (Å²) in [4.78, 5) is 25.5. The Morgan fingerprint density at radius 1 is 0.923 bits per heavy atom. The standard InChI is InChI=1S/C21H27N3O2/c1-16(25)22-14-18-9-11-19(12-10-18)21(26)23-15-20(24(2)3)13-17-7-5-4-6-8-17/h4-12,20H,13-15H2,1-3H3,(H,22,25)(H,23,26). The van der Waals surface area contributed by atoms with Crippen molar-refractivity contribution in [1.29, 1.82) is 0 Å². The van der Waals surface area contributed by atoms with Crippen molar-refractivity contribution >= 4 is 11.8 Å². The smallest absolute Gasteiger partial charge is 0.251 e. The molecule has 0 aliphatic heterocycles. The van der Waals surface area contributed by atoms with Crippen LogP contribution in [0.3, 0.4) is 0 Å². The molecule has 0 bridgehead atoms. The number of carbonyl (C=O) groups excluding carboxylic acids is 2. The molecular weight excluding hydrogens is 326 g/mol. The Labute approximate surface area is 155 Å². The van der Waals surface area contributed by atoms with E-state index in [9.17, 15) is 9.59 Å². The Morgan fingerprint density at radius 2 is 1.58 bits per heavy atom. The van der Waals surface area contributed by atoms with Crippen LogP contribution in [-0.2, 0) is 17.8 Å². The van der Waals surface area contributed by atoms with Crippen LogP contribution in [0.15, 0.2) is 54.6 Å². The molecule has 1 atom stereocenters. The van der Waals surface area contributed by atoms with Gasteiger partial charge in [-0.05, 0) is 43.8 Å². The fourth-order valence-electron chi connectivity index (χ4n) is 2.64. The maximum Gasteiger partial charge on any atom is 0.251 e. The third-order valence-electron chi connectivity index (χ3n) is 4.30. The van der Waals surface area contributed by atoms with E-state index in [0.29, 0.717) is 18.7 Å². The number of hydrogen-bond acceptors (Lipinski definition) is 3. The lowest BCUT2D eigenvalue weighted by atomic mass is 10.0. The van der Waals surface area contributed by atoms with Crippen molar-refractivity contribution in [3.05, 3.63) is 71.3 Å². The number of nitrogens with one attached hydrogen (secondary N) is 2. The number of likely N-dealkylation sites (N-methyl/N-ethyl adjacent to an activating group) is 1. The van der Waals surface area contributed by atoms with Gasteiger partial charge in [0.15, 0.2) is 0 Å². The van der Waals surface area contributed by atoms with E-state index in [1.165, 1.54) is 12.5 Å². The van der Waals surface area contributed by atoms with E-state index in [2.05, 4.69) is 27.7 Å². The second kappa shape index (κ2) is 9.73. The second-order valence-electron chi connectivity index (χ2n) is 6.62. The lowest BCUT2D eigenvalue weighted by Gasteiger charge is -2.24. The lowest BCUT2D eigenvalue weighted by molar-refractivity contribution is -0.119. The highest BCUT2D eigenvalue weighted by Crippen LogP contribution is 2.08. The van der Waals surface area contributed by atoms with Gasteiger partial charge in [0, 0.05) is 31.6 Å². The zero-order chi connectivity index (χ0) is 18.9. The summed E-state index contributed by atoms with van der Waals surface area (Å²) >= 11 is 0. The van der Waals surface area contributed by atoms with E-state index in [1.807, 2.05) is 44.4 Å². The minimum absolute atomic E-state index is 0.0695. The van der Waals surface area contributed by atoms with E-state index in [0.717, 1.165) is 12.0 Å². The average molecular weight is 353 g/mol. The minimum atomic E-state index is -0.0870. The Hall–Kier alpha value is -2.66. The minimum Gasteiger partial charge on any atom is -0.352 e. The van der Waals surface area contributed by atoms with Gasteiger partial charge in [-0.15, -0.1) is 0 Å². The molecule has 0 heterocycles. The first-order valence-corrected chi connectivity index (χ1v) is 8.77. The van der Waals surface area contributed by atoms with E-state index in [1.54, 1.807) is 12.1 Å². The fourth-order valence-corrected chi connectivity index (χ4v) is 2.64. The zero-order valence-corrected chi connectivity index (χ0v) is 15.7. The molecule has 5 nitrogen and oxygen atoms in total. The van der Waals surface area contributed by atoms with E-state index < -0.39 is 0 Å². The number of carbonyl (C=O) groups is 2. The highest BCUT2D eigenvalue weighted by molar-refractivity contribution is 5.94. The van der Waals surface area contributed by atoms with E-state index >= 15 is 0 Å². The molecule has 0 saturated heterocycles. The molecule has 0 aliphatic carbocycles. The summed E-state index contributed by atoms with van der Waals surface area (Å²) < 4.78 is 0. The maximum atomic E-state index is 12.4. The molecule has 0 saturated carbocycles. The number of amides is 2. The van der Waals surface area contributed by atoms with Crippen LogP contribution in [0.2, 0.25) is 0 Å². The predicted octanol–water partition coefficient (Wildman–Crippen LogP) is 2.23. The summed E-state index contributed by atoms with van der Waals surface area (Å²) in [5.74, 6) is -0.157. The van der Waals surface area contributed by atoms with E-state index in [-0.39, 0.29) is 17.9 Å². The molecule has 1 unspecified atom stereocenters. The summed E-state index contributed by atoms with van der Waals surface area (Å²) in [6, 6.07) is 17.8. The molecule has 0 aromatic heterocycles. The van der Waals surface area contributed by atoms with Gasteiger partial charge in [-0.1, -0.05) is 42.5 Å². The molecule has 138 valence electrons. The molecule has 2 aromatic rings. The second-order valence-corrected chi connectivity index (χ2v) is 6.62. The van der Waals surface area contributed by atoms with Gasteiger partial charge >= 0.3 is 0 Å². The molecular formula is C21H27N3O2. The maximum absolute atomic E-state index is 12.4. The van der Waals surface area contributed by atoms with E-state index in [4.69, 9.17) is 0 Å². The third-order valence-corrected chi connectivity index (χ3v) is 4.30. The molecule has 2 rings (SSSR count). The van der Waals surface area contributed by atoms with Gasteiger partial charge in [0.05, 0.1) is 0 Å². The van der Waals surface area contributed by atoms with Crippen molar-refractivity contribution in [2.75, 3.05) is 20.6 Å². The molecule has 5 heteroatoms. The van der Waals surface area contributed by atoms with Crippen molar-refractivity contribution < 1.29 is 9.59 Å². The van der Waals surface area contributed by atoms with Crippen molar-refractivity contribution in [1.82, 2.24) is 15.5 Å². The molecule has 2 amide bonds. The quantitative estimate of drug-likeness (QED) is 0.765. The summed E-state index contributed by atoms with van der Waals surface area (Å²) in [6.07, 6.45) is 0.879. The van der Waals surface area contributed by atoms with Gasteiger partial charge in [-0.2, -0.15) is 0 Å². The van der Waals surface area contributed by atoms with Gasteiger partial charge in [-0.3, -0.25) is 9.59 Å². The monoisotopic (exact) mass is 353 g/mol. The molecule has 0 aliphatic rings. The van der Waals surface area contributed by atoms with Crippen LogP contribution in [0.4, 0.5) is 0 Å². The molecule has 26 heavy (non-hydrogen) atoms. The van der Waals surface area contributed by atoms with Crippen LogP contribution < -0.4 is 10.6 Å². The molecule has 0 spiro atoms. The molecule has 2 aromatic carbocycles. The molecule has 0 fully saturated rings. The first kappa shape index (κ1) is 19.7. The predicted molar refractivity (Wildman–Crippen MR) is 104 cm³/mol. The Morgan fingerprint density at radius 3 is 2.15 bits per heavy atom. The van der Waals surface area contributed by atoms with Gasteiger partial charge < -0.3 is 15.5 Å². The van der Waals surface area contributed by atoms with Crippen LogP contribution in [0, 0.1) is 0 Å². The SMILES string of the molecule is CC(=O)NCc1ccc(C(=O)NCC(Cc2ccccc2)N(C)C)cc1. The average Bonchev–Trinajstić information content (AvgIpc) is 2.64. The first-order chi connectivity index (χ1) is 12.5. The Kier molecular flexibility index (Phi) is 7.36. The number of benzene rings is 2. The van der Waals surface area contributed by atoms with Crippen molar-refractivity contribution in [2.45, 2.75) is 25.9 Å². The summed E-state index contributed by atoms with van der Waals surface area (Å²) in [6.45, 7) is 2.53. The largest absolute Gasteiger partial charge is 0.352 e. The fraction of sp³-hybridized carbons (Fsp3) is 0.333. The summed E-state index contributed by atoms with van der Waals surface area (Å²) in [5.41, 5.74) is 2.84. The van der Waals surface area contributed by atoms with Crippen LogP contribution in [-0.4, -0.2) is 43.4 Å². The van der Waals surface area contributed by atoms with Crippen molar-refractivity contribution in [3.8, 4) is 0 Å². The highest BCUT2D eigenvalue weighted by Gasteiger charge is 2.14. The van der Waals surface area contributed by atoms with Crippen molar-refractivity contribution in [2.24, 2.45) is 0 Å². The highest BCUT2D eigenvalue weighted by atomic mass is 16.2. The van der Waals surface area contributed by atoms with Gasteiger partial charge in [0.25, 0.3) is 5.91 Å². The van der Waals surface area contributed by atoms with Crippen LogP contribution in [0.5, 0.6) is 0 Å². The lowest BCUT2D eigenvalue weighted by Crippen LogP contribution is -2.41. The van der Waals surface area contributed by atoms with Crippen LogP contribution in [0.25, 0.3) is 0 Å². The third kappa shape index (κ3) is 6.33. The first-order valence-electron chi connectivity index (χ1n) is 8.77. The molecule has 2 N–H and O–H groups in total. The summed E-state index contributed by atoms with van der Waals surface area (Å²) in [5, 5.41) is 5.76. The van der Waals surface area contributed by atoms with Gasteiger partial charge in [0.2, 0.25) is 5.91 Å². The Bertz CT molecular complexity index is 712. The zero-order valence-electron chi connectivity index (χ0n) is 15.7. The summed E-state index contributed by atoms with van der Waals surface area (Å²) in [7, 11) is 4.05. The topological polar surface area (TPSA) is 61.4 Å². The van der Waals surface area contributed by atoms with Gasteiger partial charge in [0.1, 0.15) is 0 Å². The Balaban J connectivity index is 1.90. The number of nitrogens with zero attached hydrogens (tertiary/aromatic N) is 1.